The van der Waals surface area contributed by atoms with Crippen molar-refractivity contribution < 1.29 is 4.52 Å². The average molecular weight is 265 g/mol. The van der Waals surface area contributed by atoms with E-state index in [1.54, 1.807) is 0 Å². The fourth-order valence-electron chi connectivity index (χ4n) is 3.17. The quantitative estimate of drug-likeness (QED) is 0.853. The molecule has 3 atom stereocenters. The Hall–Kier alpha value is -0.900. The van der Waals surface area contributed by atoms with Crippen LogP contribution in [0, 0.1) is 5.92 Å². The first-order valence-corrected chi connectivity index (χ1v) is 7.82. The van der Waals surface area contributed by atoms with E-state index in [4.69, 9.17) is 10.3 Å². The van der Waals surface area contributed by atoms with E-state index in [0.29, 0.717) is 12.5 Å². The third kappa shape index (κ3) is 3.56. The van der Waals surface area contributed by atoms with Gasteiger partial charge in [0.05, 0.1) is 5.92 Å². The zero-order chi connectivity index (χ0) is 13.7. The second-order valence-electron chi connectivity index (χ2n) is 5.85. The summed E-state index contributed by atoms with van der Waals surface area (Å²) in [4.78, 5) is 4.63. The maximum absolute atomic E-state index is 5.79. The monoisotopic (exact) mass is 265 g/mol. The van der Waals surface area contributed by atoms with E-state index < -0.39 is 0 Å². The number of rotatable bonds is 6. The van der Waals surface area contributed by atoms with Crippen LogP contribution in [0.25, 0.3) is 0 Å². The first kappa shape index (κ1) is 14.5. The summed E-state index contributed by atoms with van der Waals surface area (Å²) in [6, 6.07) is 0. The Balaban J connectivity index is 2.03. The van der Waals surface area contributed by atoms with Gasteiger partial charge < -0.3 is 10.3 Å². The van der Waals surface area contributed by atoms with Gasteiger partial charge in [-0.25, -0.2) is 0 Å². The van der Waals surface area contributed by atoms with Crippen LogP contribution in [0.1, 0.15) is 82.3 Å². The van der Waals surface area contributed by atoms with Crippen molar-refractivity contribution in [1.29, 1.82) is 0 Å². The SMILES string of the molecule is CCCC(CN)c1nc(C2CCCC(CC)C2)no1. The maximum atomic E-state index is 5.79. The minimum absolute atomic E-state index is 0.233. The Morgan fingerprint density at radius 2 is 2.21 bits per heavy atom. The van der Waals surface area contributed by atoms with Crippen molar-refractivity contribution in [2.24, 2.45) is 11.7 Å². The predicted octanol–water partition coefficient (Wildman–Crippen LogP) is 3.60. The molecule has 2 N–H and O–H groups in total. The smallest absolute Gasteiger partial charge is 0.231 e. The Kier molecular flexibility index (Phi) is 5.37. The molecule has 2 rings (SSSR count). The summed E-state index contributed by atoms with van der Waals surface area (Å²) in [5, 5.41) is 4.22. The molecule has 0 amide bonds. The van der Waals surface area contributed by atoms with E-state index >= 15 is 0 Å². The van der Waals surface area contributed by atoms with Crippen LogP contribution >= 0.6 is 0 Å². The minimum Gasteiger partial charge on any atom is -0.339 e. The largest absolute Gasteiger partial charge is 0.339 e. The lowest BCUT2D eigenvalue weighted by Crippen LogP contribution is -2.15. The first-order valence-electron chi connectivity index (χ1n) is 7.82. The number of hydrogen-bond donors (Lipinski definition) is 1. The minimum atomic E-state index is 0.233. The summed E-state index contributed by atoms with van der Waals surface area (Å²) in [6.07, 6.45) is 8.47. The Morgan fingerprint density at radius 1 is 1.37 bits per heavy atom. The van der Waals surface area contributed by atoms with Crippen molar-refractivity contribution in [1.82, 2.24) is 10.1 Å². The molecule has 4 nitrogen and oxygen atoms in total. The van der Waals surface area contributed by atoms with Crippen LogP contribution in [0.15, 0.2) is 4.52 Å². The van der Waals surface area contributed by atoms with Gasteiger partial charge in [0, 0.05) is 12.5 Å². The second kappa shape index (κ2) is 7.04. The summed E-state index contributed by atoms with van der Waals surface area (Å²) in [7, 11) is 0. The van der Waals surface area contributed by atoms with Gasteiger partial charge in [-0.15, -0.1) is 0 Å². The van der Waals surface area contributed by atoms with Gasteiger partial charge in [-0.05, 0) is 25.2 Å². The van der Waals surface area contributed by atoms with E-state index in [9.17, 15) is 0 Å². The topological polar surface area (TPSA) is 64.9 Å². The highest BCUT2D eigenvalue weighted by atomic mass is 16.5. The van der Waals surface area contributed by atoms with E-state index in [2.05, 4.69) is 24.0 Å². The van der Waals surface area contributed by atoms with E-state index in [1.807, 2.05) is 0 Å². The van der Waals surface area contributed by atoms with Gasteiger partial charge in [0.15, 0.2) is 5.82 Å². The van der Waals surface area contributed by atoms with Gasteiger partial charge in [-0.2, -0.15) is 4.98 Å². The lowest BCUT2D eigenvalue weighted by molar-refractivity contribution is 0.296. The van der Waals surface area contributed by atoms with Crippen LogP contribution in [0.3, 0.4) is 0 Å². The lowest BCUT2D eigenvalue weighted by atomic mass is 9.80. The van der Waals surface area contributed by atoms with E-state index in [1.165, 1.54) is 32.1 Å². The molecule has 0 saturated heterocycles. The zero-order valence-corrected chi connectivity index (χ0v) is 12.3. The van der Waals surface area contributed by atoms with E-state index in [-0.39, 0.29) is 5.92 Å². The highest BCUT2D eigenvalue weighted by molar-refractivity contribution is 5.01. The molecule has 19 heavy (non-hydrogen) atoms. The van der Waals surface area contributed by atoms with Crippen molar-refractivity contribution in [3.63, 3.8) is 0 Å². The fourth-order valence-corrected chi connectivity index (χ4v) is 3.17. The summed E-state index contributed by atoms with van der Waals surface area (Å²) >= 11 is 0. The van der Waals surface area contributed by atoms with Crippen molar-refractivity contribution in [2.75, 3.05) is 6.54 Å². The van der Waals surface area contributed by atoms with Crippen LogP contribution in [0.2, 0.25) is 0 Å². The van der Waals surface area contributed by atoms with Crippen molar-refractivity contribution in [3.05, 3.63) is 11.7 Å². The Morgan fingerprint density at radius 3 is 2.89 bits per heavy atom. The van der Waals surface area contributed by atoms with Gasteiger partial charge in [0.25, 0.3) is 0 Å². The van der Waals surface area contributed by atoms with Gasteiger partial charge in [0.1, 0.15) is 0 Å². The van der Waals surface area contributed by atoms with Crippen LogP contribution in [-0.2, 0) is 0 Å². The molecular formula is C15H27N3O. The standard InChI is InChI=1S/C15H27N3O/c1-3-6-13(10-16)15-17-14(18-19-15)12-8-5-7-11(4-2)9-12/h11-13H,3-10,16H2,1-2H3. The third-order valence-corrected chi connectivity index (χ3v) is 4.45. The lowest BCUT2D eigenvalue weighted by Gasteiger charge is -2.26. The first-order chi connectivity index (χ1) is 9.28. The highest BCUT2D eigenvalue weighted by Crippen LogP contribution is 2.36. The molecule has 0 aliphatic heterocycles. The maximum Gasteiger partial charge on any atom is 0.231 e. The van der Waals surface area contributed by atoms with Crippen molar-refractivity contribution in [3.8, 4) is 0 Å². The number of aromatic nitrogens is 2. The number of hydrogen-bond acceptors (Lipinski definition) is 4. The Labute approximate surface area is 116 Å². The van der Waals surface area contributed by atoms with Gasteiger partial charge in [0.2, 0.25) is 5.89 Å². The molecule has 1 aromatic heterocycles. The summed E-state index contributed by atoms with van der Waals surface area (Å²) in [5.41, 5.74) is 5.79. The molecule has 0 radical (unpaired) electrons. The number of nitrogens with zero attached hydrogens (tertiary/aromatic N) is 2. The molecule has 3 unspecified atom stereocenters. The molecule has 4 heteroatoms. The van der Waals surface area contributed by atoms with Crippen molar-refractivity contribution >= 4 is 0 Å². The molecule has 0 bridgehead atoms. The fraction of sp³-hybridized carbons (Fsp3) is 0.867. The second-order valence-corrected chi connectivity index (χ2v) is 5.85. The molecular weight excluding hydrogens is 238 g/mol. The normalized spacial score (nSPS) is 25.4. The summed E-state index contributed by atoms with van der Waals surface area (Å²) in [5.74, 6) is 3.23. The molecule has 1 aliphatic rings. The molecule has 108 valence electrons. The van der Waals surface area contributed by atoms with Crippen LogP contribution < -0.4 is 5.73 Å². The molecule has 0 spiro atoms. The van der Waals surface area contributed by atoms with Crippen LogP contribution in [0.4, 0.5) is 0 Å². The summed E-state index contributed by atoms with van der Waals surface area (Å²) < 4.78 is 5.45. The van der Waals surface area contributed by atoms with Gasteiger partial charge >= 0.3 is 0 Å². The molecule has 1 saturated carbocycles. The molecule has 0 aromatic carbocycles. The highest BCUT2D eigenvalue weighted by Gasteiger charge is 2.27. The third-order valence-electron chi connectivity index (χ3n) is 4.45. The number of nitrogens with two attached hydrogens (primary N) is 1. The van der Waals surface area contributed by atoms with E-state index in [0.717, 1.165) is 30.5 Å². The Bertz CT molecular complexity index is 377. The molecule has 1 aromatic rings. The predicted molar refractivity (Wildman–Crippen MR) is 76.0 cm³/mol. The van der Waals surface area contributed by atoms with Gasteiger partial charge in [-0.1, -0.05) is 44.7 Å². The van der Waals surface area contributed by atoms with Crippen molar-refractivity contribution in [2.45, 2.75) is 70.6 Å². The van der Waals surface area contributed by atoms with Gasteiger partial charge in [-0.3, -0.25) is 0 Å². The zero-order valence-electron chi connectivity index (χ0n) is 12.3. The molecule has 1 heterocycles. The van der Waals surface area contributed by atoms with Crippen LogP contribution in [0.5, 0.6) is 0 Å². The molecule has 1 fully saturated rings. The molecule has 1 aliphatic carbocycles. The van der Waals surface area contributed by atoms with Crippen LogP contribution in [-0.4, -0.2) is 16.7 Å². The average Bonchev–Trinajstić information content (AvgIpc) is 2.94. The summed E-state index contributed by atoms with van der Waals surface area (Å²) in [6.45, 7) is 5.03.